The topological polar surface area (TPSA) is 46.4 Å². The minimum Gasteiger partial charge on any atom is -0.297 e. The van der Waals surface area contributed by atoms with Gasteiger partial charge >= 0.3 is 0 Å². The van der Waals surface area contributed by atoms with Crippen LogP contribution in [0, 0.1) is 16.0 Å². The number of nitrogens with zero attached hydrogens (tertiary/aromatic N) is 2. The molecule has 0 bridgehead atoms. The average Bonchev–Trinajstić information content (AvgIpc) is 2.47. The summed E-state index contributed by atoms with van der Waals surface area (Å²) in [7, 11) is 0. The Morgan fingerprint density at radius 1 is 1.50 bits per heavy atom. The van der Waals surface area contributed by atoms with E-state index in [1.807, 2.05) is 6.92 Å². The Bertz CT molecular complexity index is 172. The third kappa shape index (κ3) is 1.75. The van der Waals surface area contributed by atoms with Gasteiger partial charge in [-0.15, -0.1) is 0 Å². The Hall–Kier alpha value is -0.640. The maximum absolute atomic E-state index is 10.6. The monoisotopic (exact) mass is 172 g/mol. The van der Waals surface area contributed by atoms with E-state index in [2.05, 4.69) is 11.8 Å². The third-order valence-corrected chi connectivity index (χ3v) is 2.72. The molecule has 1 saturated heterocycles. The lowest BCUT2D eigenvalue weighted by atomic mass is 10.0. The van der Waals surface area contributed by atoms with Gasteiger partial charge in [0.2, 0.25) is 6.04 Å². The largest absolute Gasteiger partial charge is 0.297 e. The van der Waals surface area contributed by atoms with Crippen molar-refractivity contribution >= 4 is 0 Å². The summed E-state index contributed by atoms with van der Waals surface area (Å²) in [6.45, 7) is 6.55. The van der Waals surface area contributed by atoms with Crippen LogP contribution in [-0.2, 0) is 0 Å². The number of hydrogen-bond acceptors (Lipinski definition) is 3. The Morgan fingerprint density at radius 3 is 2.50 bits per heavy atom. The van der Waals surface area contributed by atoms with Crippen LogP contribution in [0.1, 0.15) is 20.3 Å². The fourth-order valence-electron chi connectivity index (χ4n) is 1.84. The molecule has 0 aromatic carbocycles. The summed E-state index contributed by atoms with van der Waals surface area (Å²) in [5, 5.41) is 10.6. The molecule has 0 spiro atoms. The number of likely N-dealkylation sites (N-methyl/N-ethyl adjacent to an activating group) is 1. The van der Waals surface area contributed by atoms with Crippen LogP contribution < -0.4 is 0 Å². The van der Waals surface area contributed by atoms with Crippen molar-refractivity contribution in [3.63, 3.8) is 0 Å². The van der Waals surface area contributed by atoms with Crippen molar-refractivity contribution < 1.29 is 4.92 Å². The highest BCUT2D eigenvalue weighted by Gasteiger charge is 2.38. The van der Waals surface area contributed by atoms with Crippen LogP contribution in [0.15, 0.2) is 0 Å². The first-order chi connectivity index (χ1) is 5.69. The van der Waals surface area contributed by atoms with Crippen LogP contribution in [0.5, 0.6) is 0 Å². The average molecular weight is 172 g/mol. The van der Waals surface area contributed by atoms with Gasteiger partial charge < -0.3 is 0 Å². The van der Waals surface area contributed by atoms with Gasteiger partial charge in [-0.2, -0.15) is 0 Å². The summed E-state index contributed by atoms with van der Waals surface area (Å²) < 4.78 is 0. The molecule has 0 N–H and O–H groups in total. The van der Waals surface area contributed by atoms with Crippen molar-refractivity contribution in [3.05, 3.63) is 10.1 Å². The Labute approximate surface area is 72.7 Å². The van der Waals surface area contributed by atoms with Crippen molar-refractivity contribution in [2.24, 2.45) is 5.92 Å². The van der Waals surface area contributed by atoms with Crippen molar-refractivity contribution in [1.29, 1.82) is 0 Å². The third-order valence-electron chi connectivity index (χ3n) is 2.72. The first kappa shape index (κ1) is 9.45. The number of hydrogen-bond donors (Lipinski definition) is 0. The quantitative estimate of drug-likeness (QED) is 0.471. The molecule has 1 heterocycles. The van der Waals surface area contributed by atoms with Crippen LogP contribution in [-0.4, -0.2) is 35.5 Å². The van der Waals surface area contributed by atoms with E-state index >= 15 is 0 Å². The zero-order valence-corrected chi connectivity index (χ0v) is 7.69. The molecule has 1 rings (SSSR count). The molecular formula is C8H16N2O2. The van der Waals surface area contributed by atoms with Crippen LogP contribution >= 0.6 is 0 Å². The van der Waals surface area contributed by atoms with Crippen molar-refractivity contribution in [2.75, 3.05) is 19.6 Å². The zero-order valence-electron chi connectivity index (χ0n) is 7.69. The molecule has 70 valence electrons. The standard InChI is InChI=1S/C8H16N2O2/c1-3-7-5-9(4-2)6-8(7)10(11)12/h7-8H,3-6H2,1-2H3/t7-,8-/m0/s1. The molecule has 4 nitrogen and oxygen atoms in total. The maximum Gasteiger partial charge on any atom is 0.229 e. The van der Waals surface area contributed by atoms with E-state index < -0.39 is 0 Å². The van der Waals surface area contributed by atoms with Gasteiger partial charge in [0.05, 0.1) is 6.54 Å². The predicted molar refractivity (Wildman–Crippen MR) is 46.7 cm³/mol. The normalized spacial score (nSPS) is 30.8. The molecule has 0 radical (unpaired) electrons. The highest BCUT2D eigenvalue weighted by atomic mass is 16.6. The van der Waals surface area contributed by atoms with Gasteiger partial charge in [-0.25, -0.2) is 0 Å². The first-order valence-electron chi connectivity index (χ1n) is 4.54. The van der Waals surface area contributed by atoms with E-state index in [1.54, 1.807) is 0 Å². The molecule has 0 saturated carbocycles. The Balaban J connectivity index is 2.56. The maximum atomic E-state index is 10.6. The van der Waals surface area contributed by atoms with E-state index in [-0.39, 0.29) is 16.9 Å². The molecule has 0 aliphatic carbocycles. The summed E-state index contributed by atoms with van der Waals surface area (Å²) in [5.74, 6) is 0.264. The van der Waals surface area contributed by atoms with Gasteiger partial charge in [-0.3, -0.25) is 15.0 Å². The fraction of sp³-hybridized carbons (Fsp3) is 1.00. The minimum atomic E-state index is -0.324. The smallest absolute Gasteiger partial charge is 0.229 e. The van der Waals surface area contributed by atoms with E-state index in [0.717, 1.165) is 19.5 Å². The molecule has 0 aromatic heterocycles. The van der Waals surface area contributed by atoms with Crippen LogP contribution in [0.4, 0.5) is 0 Å². The zero-order chi connectivity index (χ0) is 9.14. The van der Waals surface area contributed by atoms with Gasteiger partial charge in [-0.1, -0.05) is 13.8 Å². The number of nitro groups is 1. The molecule has 1 aliphatic heterocycles. The molecule has 0 amide bonds. The molecule has 12 heavy (non-hydrogen) atoms. The molecule has 1 aliphatic rings. The second-order valence-corrected chi connectivity index (χ2v) is 3.37. The van der Waals surface area contributed by atoms with Crippen molar-refractivity contribution in [1.82, 2.24) is 4.90 Å². The van der Waals surface area contributed by atoms with E-state index in [0.29, 0.717) is 6.54 Å². The van der Waals surface area contributed by atoms with Gasteiger partial charge in [0.15, 0.2) is 0 Å². The second-order valence-electron chi connectivity index (χ2n) is 3.37. The molecule has 2 atom stereocenters. The Morgan fingerprint density at radius 2 is 2.17 bits per heavy atom. The summed E-state index contributed by atoms with van der Waals surface area (Å²) in [4.78, 5) is 12.6. The molecule has 0 unspecified atom stereocenters. The van der Waals surface area contributed by atoms with Crippen LogP contribution in [0.3, 0.4) is 0 Å². The fourth-order valence-corrected chi connectivity index (χ4v) is 1.84. The summed E-state index contributed by atoms with van der Waals surface area (Å²) in [6.07, 6.45) is 0.919. The predicted octanol–water partition coefficient (Wildman–Crippen LogP) is 0.993. The summed E-state index contributed by atoms with van der Waals surface area (Å²) in [6, 6.07) is -0.324. The van der Waals surface area contributed by atoms with E-state index in [4.69, 9.17) is 0 Å². The lowest BCUT2D eigenvalue weighted by molar-refractivity contribution is -0.525. The van der Waals surface area contributed by atoms with Gasteiger partial charge in [0.1, 0.15) is 0 Å². The molecule has 0 aromatic rings. The second kappa shape index (κ2) is 3.85. The lowest BCUT2D eigenvalue weighted by Gasteiger charge is -2.09. The highest BCUT2D eigenvalue weighted by Crippen LogP contribution is 2.21. The van der Waals surface area contributed by atoms with E-state index in [1.165, 1.54) is 0 Å². The van der Waals surface area contributed by atoms with Gasteiger partial charge in [0, 0.05) is 17.4 Å². The minimum absolute atomic E-state index is 0.121. The van der Waals surface area contributed by atoms with Crippen LogP contribution in [0.25, 0.3) is 0 Å². The van der Waals surface area contributed by atoms with E-state index in [9.17, 15) is 10.1 Å². The molecule has 4 heteroatoms. The van der Waals surface area contributed by atoms with Crippen molar-refractivity contribution in [2.45, 2.75) is 26.3 Å². The van der Waals surface area contributed by atoms with Gasteiger partial charge in [-0.05, 0) is 13.0 Å². The van der Waals surface area contributed by atoms with Crippen molar-refractivity contribution in [3.8, 4) is 0 Å². The summed E-state index contributed by atoms with van der Waals surface area (Å²) >= 11 is 0. The number of rotatable bonds is 3. The van der Waals surface area contributed by atoms with Crippen LogP contribution in [0.2, 0.25) is 0 Å². The lowest BCUT2D eigenvalue weighted by Crippen LogP contribution is -2.28. The molecular weight excluding hydrogens is 156 g/mol. The first-order valence-corrected chi connectivity index (χ1v) is 4.54. The highest BCUT2D eigenvalue weighted by molar-refractivity contribution is 4.82. The van der Waals surface area contributed by atoms with Gasteiger partial charge in [0.25, 0.3) is 0 Å². The Kier molecular flexibility index (Phi) is 3.03. The SMILES string of the molecule is CC[C@H]1CN(CC)C[C@@H]1[N+](=O)[O-]. The molecule has 1 fully saturated rings. The summed E-state index contributed by atoms with van der Waals surface area (Å²) in [5.41, 5.74) is 0. The number of likely N-dealkylation sites (tertiary alicyclic amines) is 1.